The lowest BCUT2D eigenvalue weighted by Crippen LogP contribution is -2.42. The highest BCUT2D eigenvalue weighted by Crippen LogP contribution is 2.45. The highest BCUT2D eigenvalue weighted by molar-refractivity contribution is 6.09. The van der Waals surface area contributed by atoms with Crippen molar-refractivity contribution in [2.45, 2.75) is 20.3 Å². The highest BCUT2D eigenvalue weighted by Gasteiger charge is 2.55. The Morgan fingerprint density at radius 1 is 1.04 bits per heavy atom. The Morgan fingerprint density at radius 3 is 2.12 bits per heavy atom. The van der Waals surface area contributed by atoms with Crippen molar-refractivity contribution in [1.29, 1.82) is 0 Å². The second-order valence-electron chi connectivity index (χ2n) is 5.69. The van der Waals surface area contributed by atoms with Crippen LogP contribution in [0.15, 0.2) is 47.6 Å². The van der Waals surface area contributed by atoms with Gasteiger partial charge in [-0.1, -0.05) is 30.3 Å². The van der Waals surface area contributed by atoms with Gasteiger partial charge in [-0.15, -0.1) is 0 Å². The maximum absolute atomic E-state index is 12.8. The predicted molar refractivity (Wildman–Crippen MR) is 94.8 cm³/mol. The van der Waals surface area contributed by atoms with Gasteiger partial charge >= 0.3 is 17.9 Å². The minimum absolute atomic E-state index is 0.103. The zero-order valence-corrected chi connectivity index (χ0v) is 15.1. The van der Waals surface area contributed by atoms with E-state index in [-0.39, 0.29) is 25.2 Å². The van der Waals surface area contributed by atoms with E-state index in [4.69, 9.17) is 14.2 Å². The number of carbonyl (C=O) groups is 3. The first-order chi connectivity index (χ1) is 12.5. The van der Waals surface area contributed by atoms with Gasteiger partial charge in [-0.25, -0.2) is 4.79 Å². The normalized spacial score (nSPS) is 16.7. The molecule has 0 atom stereocenters. The second-order valence-corrected chi connectivity index (χ2v) is 5.69. The molecule has 0 aromatic heterocycles. The first-order valence-corrected chi connectivity index (χ1v) is 8.40. The molecule has 6 heteroatoms. The van der Waals surface area contributed by atoms with Gasteiger partial charge < -0.3 is 14.2 Å². The summed E-state index contributed by atoms with van der Waals surface area (Å²) in [7, 11) is 1.25. The van der Waals surface area contributed by atoms with E-state index in [1.165, 1.54) is 13.2 Å². The fraction of sp³-hybridized carbons (Fsp3) is 0.350. The molecule has 1 aromatic rings. The Labute approximate surface area is 152 Å². The van der Waals surface area contributed by atoms with E-state index in [2.05, 4.69) is 0 Å². The van der Waals surface area contributed by atoms with Crippen molar-refractivity contribution in [2.75, 3.05) is 20.3 Å². The summed E-state index contributed by atoms with van der Waals surface area (Å²) >= 11 is 0. The van der Waals surface area contributed by atoms with E-state index in [1.54, 1.807) is 19.9 Å². The Kier molecular flexibility index (Phi) is 6.33. The molecule has 6 nitrogen and oxygen atoms in total. The van der Waals surface area contributed by atoms with Crippen LogP contribution in [0.25, 0.3) is 6.08 Å². The molecule has 0 aliphatic heterocycles. The molecule has 0 saturated carbocycles. The minimum atomic E-state index is -1.72. The molecule has 138 valence electrons. The van der Waals surface area contributed by atoms with Crippen LogP contribution in [0, 0.1) is 5.41 Å². The number of hydrogen-bond donors (Lipinski definition) is 0. The van der Waals surface area contributed by atoms with Crippen LogP contribution in [-0.2, 0) is 28.6 Å². The number of rotatable bonds is 6. The largest absolute Gasteiger partial charge is 0.466 e. The Hall–Kier alpha value is -2.89. The predicted octanol–water partition coefficient (Wildman–Crippen LogP) is 2.69. The van der Waals surface area contributed by atoms with Gasteiger partial charge in [0.2, 0.25) is 0 Å². The van der Waals surface area contributed by atoms with E-state index in [9.17, 15) is 14.4 Å². The second kappa shape index (κ2) is 8.47. The van der Waals surface area contributed by atoms with Crippen LogP contribution in [0.4, 0.5) is 0 Å². The molecule has 1 aromatic carbocycles. The van der Waals surface area contributed by atoms with Gasteiger partial charge in [0.25, 0.3) is 0 Å². The summed E-state index contributed by atoms with van der Waals surface area (Å²) in [6.07, 6.45) is 3.03. The van der Waals surface area contributed by atoms with Crippen molar-refractivity contribution < 1.29 is 28.6 Å². The number of allylic oxidation sites excluding steroid dienone is 1. The summed E-state index contributed by atoms with van der Waals surface area (Å²) in [5, 5.41) is 0. The van der Waals surface area contributed by atoms with Crippen molar-refractivity contribution in [3.63, 3.8) is 0 Å². The van der Waals surface area contributed by atoms with Crippen LogP contribution >= 0.6 is 0 Å². The van der Waals surface area contributed by atoms with Crippen LogP contribution < -0.4 is 0 Å². The molecule has 2 rings (SSSR count). The van der Waals surface area contributed by atoms with E-state index in [0.29, 0.717) is 5.57 Å². The number of carbonyl (C=O) groups excluding carboxylic acids is 3. The number of benzene rings is 1. The van der Waals surface area contributed by atoms with Gasteiger partial charge in [-0.05, 0) is 37.1 Å². The van der Waals surface area contributed by atoms with Crippen LogP contribution in [0.1, 0.15) is 25.8 Å². The van der Waals surface area contributed by atoms with Gasteiger partial charge in [0.15, 0.2) is 5.41 Å². The molecule has 0 amide bonds. The molecule has 0 bridgehead atoms. The molecule has 1 aliphatic carbocycles. The van der Waals surface area contributed by atoms with E-state index >= 15 is 0 Å². The van der Waals surface area contributed by atoms with Gasteiger partial charge in [-0.2, -0.15) is 0 Å². The maximum Gasteiger partial charge on any atom is 0.333 e. The first-order valence-electron chi connectivity index (χ1n) is 8.40. The Balaban J connectivity index is 2.62. The molecule has 0 unspecified atom stereocenters. The summed E-state index contributed by atoms with van der Waals surface area (Å²) in [6, 6.07) is 9.19. The monoisotopic (exact) mass is 358 g/mol. The number of ether oxygens (including phenoxy) is 3. The van der Waals surface area contributed by atoms with Gasteiger partial charge in [0.1, 0.15) is 0 Å². The van der Waals surface area contributed by atoms with Gasteiger partial charge in [0.05, 0.1) is 20.3 Å². The topological polar surface area (TPSA) is 78.9 Å². The molecule has 26 heavy (non-hydrogen) atoms. The highest BCUT2D eigenvalue weighted by atomic mass is 16.6. The van der Waals surface area contributed by atoms with Crippen molar-refractivity contribution in [2.24, 2.45) is 5.41 Å². The fourth-order valence-corrected chi connectivity index (χ4v) is 2.88. The summed E-state index contributed by atoms with van der Waals surface area (Å²) in [5.74, 6) is -2.08. The number of hydrogen-bond acceptors (Lipinski definition) is 6. The molecule has 1 aliphatic rings. The minimum Gasteiger partial charge on any atom is -0.466 e. The van der Waals surface area contributed by atoms with Crippen LogP contribution in [0.3, 0.4) is 0 Å². The molecule has 0 saturated heterocycles. The Morgan fingerprint density at radius 2 is 1.62 bits per heavy atom. The summed E-state index contributed by atoms with van der Waals surface area (Å²) in [4.78, 5) is 37.6. The molecular formula is C20H22O6. The average Bonchev–Trinajstić information content (AvgIpc) is 3.03. The summed E-state index contributed by atoms with van der Waals surface area (Å²) < 4.78 is 15.1. The summed E-state index contributed by atoms with van der Waals surface area (Å²) in [6.45, 7) is 3.51. The van der Waals surface area contributed by atoms with Crippen molar-refractivity contribution in [3.05, 3.63) is 53.1 Å². The zero-order valence-electron chi connectivity index (χ0n) is 15.1. The van der Waals surface area contributed by atoms with E-state index < -0.39 is 23.3 Å². The van der Waals surface area contributed by atoms with Crippen molar-refractivity contribution in [1.82, 2.24) is 0 Å². The standard InChI is InChI=1S/C20H22O6/c1-4-25-18(22)20(19(23)26-5-2)13-15(17(21)24-3)12-16(20)11-14-9-7-6-8-10-14/h6-12H,4-5,13H2,1-3H3/b16-11-. The quantitative estimate of drug-likeness (QED) is 0.442. The SMILES string of the molecule is CCOC(=O)C1(C(=O)OCC)CC(C(=O)OC)=C/C1=C/c1ccccc1. The third-order valence-corrected chi connectivity index (χ3v) is 4.10. The number of esters is 3. The van der Waals surface area contributed by atoms with E-state index in [0.717, 1.165) is 5.56 Å². The zero-order chi connectivity index (χ0) is 19.2. The number of methoxy groups -OCH3 is 1. The third-order valence-electron chi connectivity index (χ3n) is 4.10. The first kappa shape index (κ1) is 19.4. The van der Waals surface area contributed by atoms with Crippen LogP contribution in [0.2, 0.25) is 0 Å². The van der Waals surface area contributed by atoms with Crippen LogP contribution in [0.5, 0.6) is 0 Å². The lowest BCUT2D eigenvalue weighted by molar-refractivity contribution is -0.168. The molecule has 0 spiro atoms. The lowest BCUT2D eigenvalue weighted by Gasteiger charge is -2.26. The maximum atomic E-state index is 12.8. The lowest BCUT2D eigenvalue weighted by atomic mass is 9.79. The average molecular weight is 358 g/mol. The van der Waals surface area contributed by atoms with Crippen molar-refractivity contribution in [3.8, 4) is 0 Å². The van der Waals surface area contributed by atoms with Gasteiger partial charge in [-0.3, -0.25) is 9.59 Å². The third kappa shape index (κ3) is 3.69. The van der Waals surface area contributed by atoms with Gasteiger partial charge in [0, 0.05) is 12.0 Å². The molecule has 0 N–H and O–H groups in total. The molecular weight excluding hydrogens is 336 g/mol. The summed E-state index contributed by atoms with van der Waals surface area (Å²) in [5.41, 5.74) is -0.370. The fourth-order valence-electron chi connectivity index (χ4n) is 2.88. The molecule has 0 fully saturated rings. The Bertz CT molecular complexity index is 727. The smallest absolute Gasteiger partial charge is 0.333 e. The molecule has 0 radical (unpaired) electrons. The molecule has 0 heterocycles. The van der Waals surface area contributed by atoms with E-state index in [1.807, 2.05) is 30.3 Å². The van der Waals surface area contributed by atoms with Crippen LogP contribution in [-0.4, -0.2) is 38.2 Å². The van der Waals surface area contributed by atoms with Crippen molar-refractivity contribution >= 4 is 24.0 Å².